The fraction of sp³-hybridized carbons (Fsp3) is 0.462. The van der Waals surface area contributed by atoms with E-state index in [0.717, 1.165) is 0 Å². The maximum absolute atomic E-state index is 11.1. The highest BCUT2D eigenvalue weighted by atomic mass is 35.5. The van der Waals surface area contributed by atoms with Crippen molar-refractivity contribution in [3.8, 4) is 5.75 Å². The number of carbonyl (C=O) groups is 1. The number of unbranched alkanes of at least 4 members (excludes halogenated alkanes) is 1. The van der Waals surface area contributed by atoms with Crippen LogP contribution in [0, 0.1) is 10.1 Å². The molecular formula is C13H16ClNO5. The Morgan fingerprint density at radius 3 is 2.80 bits per heavy atom. The molecule has 1 rings (SSSR count). The Morgan fingerprint density at radius 1 is 1.40 bits per heavy atom. The number of nitro benzene ring substituents is 1. The van der Waals surface area contributed by atoms with Crippen LogP contribution in [-0.2, 0) is 9.53 Å². The number of esters is 1. The van der Waals surface area contributed by atoms with E-state index in [2.05, 4.69) is 0 Å². The molecule has 0 aromatic heterocycles. The van der Waals surface area contributed by atoms with Gasteiger partial charge in [-0.2, -0.15) is 0 Å². The van der Waals surface area contributed by atoms with Crippen molar-refractivity contribution in [3.05, 3.63) is 33.3 Å². The number of benzene rings is 1. The van der Waals surface area contributed by atoms with Crippen LogP contribution in [0.2, 0.25) is 5.02 Å². The number of hydrogen-bond donors (Lipinski definition) is 0. The van der Waals surface area contributed by atoms with E-state index in [0.29, 0.717) is 37.5 Å². The Labute approximate surface area is 121 Å². The first-order chi connectivity index (χ1) is 9.54. The first-order valence-electron chi connectivity index (χ1n) is 6.27. The molecule has 0 radical (unpaired) electrons. The van der Waals surface area contributed by atoms with Crippen molar-refractivity contribution in [2.75, 3.05) is 13.2 Å². The van der Waals surface area contributed by atoms with Crippen molar-refractivity contribution in [2.24, 2.45) is 0 Å². The van der Waals surface area contributed by atoms with E-state index < -0.39 is 4.92 Å². The molecule has 0 saturated heterocycles. The fourth-order valence-electron chi connectivity index (χ4n) is 1.50. The summed E-state index contributed by atoms with van der Waals surface area (Å²) in [6, 6.07) is 4.03. The number of halogens is 1. The lowest BCUT2D eigenvalue weighted by atomic mass is 10.2. The Morgan fingerprint density at radius 2 is 2.15 bits per heavy atom. The average Bonchev–Trinajstić information content (AvgIpc) is 2.40. The Bertz CT molecular complexity index is 478. The number of hydrogen-bond acceptors (Lipinski definition) is 5. The van der Waals surface area contributed by atoms with Crippen LogP contribution >= 0.6 is 11.6 Å². The van der Waals surface area contributed by atoms with Crippen molar-refractivity contribution in [2.45, 2.75) is 26.2 Å². The van der Waals surface area contributed by atoms with Crippen LogP contribution < -0.4 is 4.74 Å². The molecule has 0 unspecified atom stereocenters. The second kappa shape index (κ2) is 8.37. The highest BCUT2D eigenvalue weighted by Crippen LogP contribution is 2.28. The van der Waals surface area contributed by atoms with Crippen LogP contribution in [0.25, 0.3) is 0 Å². The molecule has 0 aliphatic carbocycles. The molecule has 0 fully saturated rings. The number of non-ortho nitro benzene ring substituents is 1. The lowest BCUT2D eigenvalue weighted by molar-refractivity contribution is -0.384. The molecule has 20 heavy (non-hydrogen) atoms. The monoisotopic (exact) mass is 301 g/mol. The zero-order valence-electron chi connectivity index (χ0n) is 11.1. The van der Waals surface area contributed by atoms with Crippen LogP contribution in [-0.4, -0.2) is 24.1 Å². The first kappa shape index (κ1) is 16.2. The summed E-state index contributed by atoms with van der Waals surface area (Å²) in [5, 5.41) is 11.0. The molecule has 1 aromatic rings. The third-order valence-electron chi connectivity index (χ3n) is 2.46. The van der Waals surface area contributed by atoms with Gasteiger partial charge in [-0.15, -0.1) is 0 Å². The molecule has 0 bridgehead atoms. The first-order valence-corrected chi connectivity index (χ1v) is 6.64. The average molecular weight is 302 g/mol. The molecular weight excluding hydrogens is 286 g/mol. The summed E-state index contributed by atoms with van der Waals surface area (Å²) < 4.78 is 10.2. The normalized spacial score (nSPS) is 10.1. The predicted octanol–water partition coefficient (Wildman–Crippen LogP) is 3.36. The lowest BCUT2D eigenvalue weighted by Crippen LogP contribution is -2.05. The zero-order chi connectivity index (χ0) is 15.0. The van der Waals surface area contributed by atoms with Gasteiger partial charge in [0, 0.05) is 12.5 Å². The summed E-state index contributed by atoms with van der Waals surface area (Å²) >= 11 is 5.88. The summed E-state index contributed by atoms with van der Waals surface area (Å²) in [4.78, 5) is 21.2. The van der Waals surface area contributed by atoms with Gasteiger partial charge in [-0.1, -0.05) is 11.6 Å². The molecule has 0 amide bonds. The molecule has 110 valence electrons. The van der Waals surface area contributed by atoms with Gasteiger partial charge in [0.25, 0.3) is 5.69 Å². The standard InChI is InChI=1S/C13H16ClNO5/c1-2-19-13(16)5-3-4-8-20-12-9-10(15(17)18)6-7-11(12)14/h6-7,9H,2-5,8H2,1H3. The van der Waals surface area contributed by atoms with E-state index in [1.807, 2.05) is 0 Å². The van der Waals surface area contributed by atoms with Gasteiger partial charge in [-0.05, 0) is 25.8 Å². The summed E-state index contributed by atoms with van der Waals surface area (Å²) in [6.45, 7) is 2.46. The molecule has 1 aromatic carbocycles. The van der Waals surface area contributed by atoms with Crippen LogP contribution in [0.15, 0.2) is 18.2 Å². The second-order valence-corrected chi connectivity index (χ2v) is 4.39. The fourth-order valence-corrected chi connectivity index (χ4v) is 1.68. The maximum Gasteiger partial charge on any atom is 0.305 e. The van der Waals surface area contributed by atoms with E-state index in [4.69, 9.17) is 21.1 Å². The van der Waals surface area contributed by atoms with Gasteiger partial charge in [0.15, 0.2) is 0 Å². The Kier molecular flexibility index (Phi) is 6.79. The second-order valence-electron chi connectivity index (χ2n) is 3.98. The van der Waals surface area contributed by atoms with Gasteiger partial charge in [0.2, 0.25) is 0 Å². The minimum absolute atomic E-state index is 0.0732. The molecule has 0 saturated carbocycles. The van der Waals surface area contributed by atoms with E-state index >= 15 is 0 Å². The summed E-state index contributed by atoms with van der Waals surface area (Å²) in [6.07, 6.45) is 1.60. The largest absolute Gasteiger partial charge is 0.492 e. The number of carbonyl (C=O) groups excluding carboxylic acids is 1. The summed E-state index contributed by atoms with van der Waals surface area (Å²) in [5.41, 5.74) is -0.0732. The molecule has 0 N–H and O–H groups in total. The highest BCUT2D eigenvalue weighted by molar-refractivity contribution is 6.32. The summed E-state index contributed by atoms with van der Waals surface area (Å²) in [5.74, 6) is 0.0397. The van der Waals surface area contributed by atoms with Crippen LogP contribution in [0.1, 0.15) is 26.2 Å². The van der Waals surface area contributed by atoms with Crippen LogP contribution in [0.4, 0.5) is 5.69 Å². The van der Waals surface area contributed by atoms with Crippen LogP contribution in [0.5, 0.6) is 5.75 Å². The van der Waals surface area contributed by atoms with E-state index in [9.17, 15) is 14.9 Å². The number of nitrogens with zero attached hydrogens (tertiary/aromatic N) is 1. The van der Waals surface area contributed by atoms with E-state index in [1.54, 1.807) is 6.92 Å². The number of ether oxygens (including phenoxy) is 2. The van der Waals surface area contributed by atoms with Crippen molar-refractivity contribution in [3.63, 3.8) is 0 Å². The van der Waals surface area contributed by atoms with Crippen molar-refractivity contribution in [1.29, 1.82) is 0 Å². The van der Waals surface area contributed by atoms with Gasteiger partial charge < -0.3 is 9.47 Å². The van der Waals surface area contributed by atoms with Crippen molar-refractivity contribution < 1.29 is 19.2 Å². The van der Waals surface area contributed by atoms with Gasteiger partial charge in [-0.3, -0.25) is 14.9 Å². The molecule has 0 aliphatic heterocycles. The molecule has 0 heterocycles. The smallest absolute Gasteiger partial charge is 0.305 e. The van der Waals surface area contributed by atoms with Crippen LogP contribution in [0.3, 0.4) is 0 Å². The topological polar surface area (TPSA) is 78.7 Å². The lowest BCUT2D eigenvalue weighted by Gasteiger charge is -2.07. The predicted molar refractivity (Wildman–Crippen MR) is 74.1 cm³/mol. The van der Waals surface area contributed by atoms with Gasteiger partial charge in [0.05, 0.1) is 29.2 Å². The minimum atomic E-state index is -0.510. The maximum atomic E-state index is 11.1. The molecule has 0 atom stereocenters. The van der Waals surface area contributed by atoms with Gasteiger partial charge >= 0.3 is 5.97 Å². The van der Waals surface area contributed by atoms with E-state index in [1.165, 1.54) is 18.2 Å². The minimum Gasteiger partial charge on any atom is -0.492 e. The molecule has 0 aliphatic rings. The number of rotatable bonds is 8. The van der Waals surface area contributed by atoms with E-state index in [-0.39, 0.29) is 17.4 Å². The summed E-state index contributed by atoms with van der Waals surface area (Å²) in [7, 11) is 0. The quantitative estimate of drug-likeness (QED) is 0.318. The van der Waals surface area contributed by atoms with Crippen molar-refractivity contribution >= 4 is 23.3 Å². The Balaban J connectivity index is 2.36. The number of nitro groups is 1. The molecule has 6 nitrogen and oxygen atoms in total. The SMILES string of the molecule is CCOC(=O)CCCCOc1cc([N+](=O)[O-])ccc1Cl. The van der Waals surface area contributed by atoms with Gasteiger partial charge in [-0.25, -0.2) is 0 Å². The zero-order valence-corrected chi connectivity index (χ0v) is 11.9. The highest BCUT2D eigenvalue weighted by Gasteiger charge is 2.10. The van der Waals surface area contributed by atoms with Crippen molar-refractivity contribution in [1.82, 2.24) is 0 Å². The van der Waals surface area contributed by atoms with Gasteiger partial charge in [0.1, 0.15) is 5.75 Å². The third kappa shape index (κ3) is 5.44. The Hall–Kier alpha value is -1.82. The third-order valence-corrected chi connectivity index (χ3v) is 2.78. The molecule has 0 spiro atoms. The molecule has 7 heteroatoms.